The number of nitro benzene ring substituents is 2. The second kappa shape index (κ2) is 8.75. The lowest BCUT2D eigenvalue weighted by molar-refractivity contribution is -0.394. The lowest BCUT2D eigenvalue weighted by Crippen LogP contribution is -2.48. The van der Waals surface area contributed by atoms with Gasteiger partial charge < -0.3 is 14.5 Å². The van der Waals surface area contributed by atoms with Crippen LogP contribution in [0.3, 0.4) is 0 Å². The van der Waals surface area contributed by atoms with Gasteiger partial charge in [0.25, 0.3) is 17.3 Å². The molecule has 4 rings (SSSR count). The van der Waals surface area contributed by atoms with E-state index in [-0.39, 0.29) is 5.56 Å². The number of benzene rings is 2. The summed E-state index contributed by atoms with van der Waals surface area (Å²) in [6.45, 7) is 4.31. The Morgan fingerprint density at radius 1 is 1.06 bits per heavy atom. The predicted molar refractivity (Wildman–Crippen MR) is 119 cm³/mol. The number of amides is 1. The minimum atomic E-state index is -0.744. The molecule has 1 aliphatic rings. The van der Waals surface area contributed by atoms with Crippen LogP contribution in [-0.4, -0.2) is 58.4 Å². The Morgan fingerprint density at radius 2 is 1.72 bits per heavy atom. The molecule has 0 N–H and O–H groups in total. The number of aromatic nitrogens is 1. The topological polar surface area (TPSA) is 132 Å². The van der Waals surface area contributed by atoms with E-state index in [0.29, 0.717) is 32.8 Å². The second-order valence-corrected chi connectivity index (χ2v) is 8.10. The van der Waals surface area contributed by atoms with Crippen LogP contribution in [0.15, 0.2) is 36.4 Å². The molecule has 1 aliphatic heterocycles. The molecule has 0 bridgehead atoms. The highest BCUT2D eigenvalue weighted by Crippen LogP contribution is 2.32. The maximum absolute atomic E-state index is 12.9. The van der Waals surface area contributed by atoms with Crippen LogP contribution in [0.5, 0.6) is 5.75 Å². The Labute approximate surface area is 186 Å². The van der Waals surface area contributed by atoms with E-state index in [1.807, 2.05) is 25.1 Å². The average Bonchev–Trinajstić information content (AvgIpc) is 3.22. The second-order valence-electron chi connectivity index (χ2n) is 7.09. The molecule has 1 saturated heterocycles. The monoisotopic (exact) mass is 457 g/mol. The first-order valence-corrected chi connectivity index (χ1v) is 10.7. The number of ether oxygens (including phenoxy) is 1. The first kappa shape index (κ1) is 21.4. The quantitative estimate of drug-likeness (QED) is 0.406. The third-order valence-corrected chi connectivity index (χ3v) is 6.15. The van der Waals surface area contributed by atoms with Crippen LogP contribution in [0.25, 0.3) is 10.2 Å². The van der Waals surface area contributed by atoms with Crippen LogP contribution in [0.4, 0.5) is 16.5 Å². The van der Waals surface area contributed by atoms with Crippen LogP contribution in [-0.2, 0) is 0 Å². The zero-order valence-electron chi connectivity index (χ0n) is 17.1. The van der Waals surface area contributed by atoms with Gasteiger partial charge in [0.2, 0.25) is 0 Å². The van der Waals surface area contributed by atoms with Crippen LogP contribution in [0.1, 0.15) is 17.3 Å². The Balaban J connectivity index is 1.48. The van der Waals surface area contributed by atoms with Crippen molar-refractivity contribution in [1.29, 1.82) is 0 Å². The molecule has 1 aromatic heterocycles. The van der Waals surface area contributed by atoms with E-state index in [1.54, 1.807) is 16.2 Å². The largest absolute Gasteiger partial charge is 0.494 e. The number of carbonyl (C=O) groups is 1. The van der Waals surface area contributed by atoms with Gasteiger partial charge in [-0.1, -0.05) is 11.3 Å². The van der Waals surface area contributed by atoms with Gasteiger partial charge in [-0.3, -0.25) is 25.0 Å². The van der Waals surface area contributed by atoms with Gasteiger partial charge in [0.05, 0.1) is 38.3 Å². The number of nitro groups is 2. The molecule has 3 aromatic rings. The first-order chi connectivity index (χ1) is 15.4. The normalized spacial score (nSPS) is 13.9. The summed E-state index contributed by atoms with van der Waals surface area (Å²) < 4.78 is 6.54. The minimum absolute atomic E-state index is 0.0669. The van der Waals surface area contributed by atoms with E-state index in [2.05, 4.69) is 9.88 Å². The van der Waals surface area contributed by atoms with E-state index < -0.39 is 27.1 Å². The average molecular weight is 457 g/mol. The molecule has 2 heterocycles. The lowest BCUT2D eigenvalue weighted by atomic mass is 10.1. The van der Waals surface area contributed by atoms with Crippen LogP contribution in [0, 0.1) is 20.2 Å². The fourth-order valence-corrected chi connectivity index (χ4v) is 4.54. The van der Waals surface area contributed by atoms with Crippen molar-refractivity contribution in [3.05, 3.63) is 62.2 Å². The third kappa shape index (κ3) is 4.30. The molecule has 166 valence electrons. The predicted octanol–water partition coefficient (Wildman–Crippen LogP) is 3.47. The van der Waals surface area contributed by atoms with Crippen molar-refractivity contribution < 1.29 is 19.4 Å². The number of rotatable bonds is 6. The van der Waals surface area contributed by atoms with Gasteiger partial charge >= 0.3 is 0 Å². The van der Waals surface area contributed by atoms with E-state index in [9.17, 15) is 25.0 Å². The highest BCUT2D eigenvalue weighted by atomic mass is 32.1. The Kier molecular flexibility index (Phi) is 5.86. The maximum Gasteiger partial charge on any atom is 0.277 e. The summed E-state index contributed by atoms with van der Waals surface area (Å²) in [6.07, 6.45) is 0. The molecule has 11 nitrogen and oxygen atoms in total. The molecule has 0 saturated carbocycles. The zero-order valence-corrected chi connectivity index (χ0v) is 17.9. The van der Waals surface area contributed by atoms with Gasteiger partial charge in [0.1, 0.15) is 5.75 Å². The molecule has 12 heteroatoms. The Hall–Kier alpha value is -3.80. The highest BCUT2D eigenvalue weighted by molar-refractivity contribution is 7.22. The van der Waals surface area contributed by atoms with Gasteiger partial charge in [0, 0.05) is 38.3 Å². The number of thiazole rings is 1. The van der Waals surface area contributed by atoms with Crippen molar-refractivity contribution >= 4 is 44.0 Å². The maximum atomic E-state index is 12.9. The van der Waals surface area contributed by atoms with E-state index in [4.69, 9.17) is 4.74 Å². The Morgan fingerprint density at radius 3 is 2.31 bits per heavy atom. The number of nitrogens with zero attached hydrogens (tertiary/aromatic N) is 5. The summed E-state index contributed by atoms with van der Waals surface area (Å²) in [5.41, 5.74) is -0.164. The van der Waals surface area contributed by atoms with Crippen molar-refractivity contribution in [2.24, 2.45) is 0 Å². The fraction of sp³-hybridized carbons (Fsp3) is 0.300. The molecule has 0 unspecified atom stereocenters. The van der Waals surface area contributed by atoms with Gasteiger partial charge in [-0.05, 0) is 25.1 Å². The number of anilines is 1. The van der Waals surface area contributed by atoms with E-state index in [1.165, 1.54) is 0 Å². The summed E-state index contributed by atoms with van der Waals surface area (Å²) in [5, 5.41) is 23.0. The molecule has 0 atom stereocenters. The first-order valence-electron chi connectivity index (χ1n) is 9.87. The number of hydrogen-bond donors (Lipinski definition) is 0. The van der Waals surface area contributed by atoms with Gasteiger partial charge in [-0.2, -0.15) is 0 Å². The standard InChI is InChI=1S/C20H19N5O6S/c1-2-31-16-3-4-17-18(12-16)32-20(21-17)23-7-5-22(6-8-23)19(26)13-9-14(24(27)28)11-15(10-13)25(29)30/h3-4,9-12H,2,5-8H2,1H3. The molecule has 0 aliphatic carbocycles. The number of piperazine rings is 1. The van der Waals surface area contributed by atoms with Gasteiger partial charge in [0.15, 0.2) is 5.13 Å². The number of fused-ring (bicyclic) bond motifs is 1. The number of carbonyl (C=O) groups excluding carboxylic acids is 1. The summed E-state index contributed by atoms with van der Waals surface area (Å²) in [6, 6.07) is 8.74. The molecule has 0 radical (unpaired) electrons. The van der Waals surface area contributed by atoms with Crippen molar-refractivity contribution in [2.75, 3.05) is 37.7 Å². The lowest BCUT2D eigenvalue weighted by Gasteiger charge is -2.34. The van der Waals surface area contributed by atoms with Gasteiger partial charge in [-0.25, -0.2) is 4.98 Å². The zero-order chi connectivity index (χ0) is 22.8. The summed E-state index contributed by atoms with van der Waals surface area (Å²) in [4.78, 5) is 41.8. The molecule has 0 spiro atoms. The van der Waals surface area contributed by atoms with Crippen molar-refractivity contribution in [3.63, 3.8) is 0 Å². The van der Waals surface area contributed by atoms with Crippen LogP contribution < -0.4 is 9.64 Å². The smallest absolute Gasteiger partial charge is 0.277 e. The SMILES string of the molecule is CCOc1ccc2nc(N3CCN(C(=O)c4cc([N+](=O)[O-])cc([N+](=O)[O-])c4)CC3)sc2c1. The molecular formula is C20H19N5O6S. The molecule has 1 amide bonds. The fourth-order valence-electron chi connectivity index (χ4n) is 3.50. The minimum Gasteiger partial charge on any atom is -0.494 e. The van der Waals surface area contributed by atoms with Crippen molar-refractivity contribution in [3.8, 4) is 5.75 Å². The summed E-state index contributed by atoms with van der Waals surface area (Å²) in [7, 11) is 0. The third-order valence-electron chi connectivity index (χ3n) is 5.07. The number of non-ortho nitro benzene ring substituents is 2. The summed E-state index contributed by atoms with van der Waals surface area (Å²) >= 11 is 1.54. The molecular weight excluding hydrogens is 438 g/mol. The van der Waals surface area contributed by atoms with Gasteiger partial charge in [-0.15, -0.1) is 0 Å². The van der Waals surface area contributed by atoms with E-state index >= 15 is 0 Å². The van der Waals surface area contributed by atoms with Crippen molar-refractivity contribution in [2.45, 2.75) is 6.92 Å². The molecule has 32 heavy (non-hydrogen) atoms. The van der Waals surface area contributed by atoms with Crippen LogP contribution >= 0.6 is 11.3 Å². The van der Waals surface area contributed by atoms with Crippen LogP contribution in [0.2, 0.25) is 0 Å². The van der Waals surface area contributed by atoms with E-state index in [0.717, 1.165) is 39.3 Å². The summed E-state index contributed by atoms with van der Waals surface area (Å²) in [5.74, 6) is 0.318. The Bertz CT molecular complexity index is 1170. The number of hydrogen-bond acceptors (Lipinski definition) is 9. The van der Waals surface area contributed by atoms with Crippen molar-refractivity contribution in [1.82, 2.24) is 9.88 Å². The molecule has 2 aromatic carbocycles. The molecule has 1 fully saturated rings. The highest BCUT2D eigenvalue weighted by Gasteiger charge is 2.27.